The number of likely N-dealkylation sites (tertiary alicyclic amines) is 1. The second kappa shape index (κ2) is 6.16. The summed E-state index contributed by atoms with van der Waals surface area (Å²) in [6, 6.07) is 2.10. The first-order valence-electron chi connectivity index (χ1n) is 6.79. The molecule has 0 bridgehead atoms. The summed E-state index contributed by atoms with van der Waals surface area (Å²) in [5, 5.41) is 12.3. The highest BCUT2D eigenvalue weighted by Gasteiger charge is 2.27. The Labute approximate surface area is 113 Å². The second-order valence-corrected chi connectivity index (χ2v) is 4.88. The van der Waals surface area contributed by atoms with Crippen LogP contribution in [0.3, 0.4) is 0 Å². The zero-order chi connectivity index (χ0) is 13.8. The lowest BCUT2D eigenvalue weighted by atomic mass is 10.2. The number of carboxylic acids is 1. The number of aromatic nitrogens is 1. The van der Waals surface area contributed by atoms with Crippen LogP contribution in [-0.2, 0) is 6.54 Å². The van der Waals surface area contributed by atoms with Crippen LogP contribution in [0.15, 0.2) is 10.6 Å². The summed E-state index contributed by atoms with van der Waals surface area (Å²) in [5.74, 6) is -0.421. The van der Waals surface area contributed by atoms with Crippen molar-refractivity contribution in [3.05, 3.63) is 17.5 Å². The maximum absolute atomic E-state index is 10.7. The Morgan fingerprint density at radius 2 is 2.32 bits per heavy atom. The van der Waals surface area contributed by atoms with Gasteiger partial charge in [-0.25, -0.2) is 4.79 Å². The first kappa shape index (κ1) is 14.0. The summed E-state index contributed by atoms with van der Waals surface area (Å²) in [7, 11) is 0. The molecule has 1 aromatic heterocycles. The van der Waals surface area contributed by atoms with E-state index in [0.29, 0.717) is 18.3 Å². The lowest BCUT2D eigenvalue weighted by Gasteiger charge is -2.26. The first-order valence-corrected chi connectivity index (χ1v) is 6.79. The molecule has 19 heavy (non-hydrogen) atoms. The molecule has 0 amide bonds. The fourth-order valence-electron chi connectivity index (χ4n) is 2.70. The zero-order valence-corrected chi connectivity index (χ0v) is 11.5. The monoisotopic (exact) mass is 267 g/mol. The smallest absolute Gasteiger partial charge is 0.358 e. The largest absolute Gasteiger partial charge is 0.476 e. The van der Waals surface area contributed by atoms with Crippen molar-refractivity contribution in [3.8, 4) is 0 Å². The number of carbonyl (C=O) groups is 1. The van der Waals surface area contributed by atoms with Crippen LogP contribution in [0, 0.1) is 0 Å². The van der Waals surface area contributed by atoms with E-state index >= 15 is 0 Å². The lowest BCUT2D eigenvalue weighted by Crippen LogP contribution is -2.37. The van der Waals surface area contributed by atoms with Gasteiger partial charge in [0.2, 0.25) is 0 Å². The van der Waals surface area contributed by atoms with Gasteiger partial charge in [-0.2, -0.15) is 0 Å². The van der Waals surface area contributed by atoms with Crippen molar-refractivity contribution >= 4 is 5.97 Å². The van der Waals surface area contributed by atoms with E-state index in [-0.39, 0.29) is 5.69 Å². The third kappa shape index (κ3) is 3.33. The van der Waals surface area contributed by atoms with Gasteiger partial charge in [0, 0.05) is 25.2 Å². The van der Waals surface area contributed by atoms with Crippen LogP contribution in [0.5, 0.6) is 0 Å². The maximum Gasteiger partial charge on any atom is 0.358 e. The number of carboxylic acid groups (broad SMARTS) is 1. The van der Waals surface area contributed by atoms with Crippen LogP contribution in [-0.4, -0.2) is 58.3 Å². The molecular formula is C13H21N3O3. The van der Waals surface area contributed by atoms with Crippen molar-refractivity contribution in [1.29, 1.82) is 0 Å². The van der Waals surface area contributed by atoms with Crippen LogP contribution < -0.4 is 0 Å². The number of hydrogen-bond acceptors (Lipinski definition) is 5. The van der Waals surface area contributed by atoms with Crippen LogP contribution in [0.4, 0.5) is 0 Å². The standard InChI is InChI=1S/C13H21N3O3/c1-3-16(4-2)10-5-6-15(8-10)9-11-7-12(13(17)18)14-19-11/h7,10H,3-6,8-9H2,1-2H3,(H,17,18). The first-order chi connectivity index (χ1) is 9.13. The van der Waals surface area contributed by atoms with Gasteiger partial charge in [0.05, 0.1) is 6.54 Å². The molecule has 1 aliphatic rings. The molecule has 6 heteroatoms. The zero-order valence-electron chi connectivity index (χ0n) is 11.5. The SMILES string of the molecule is CCN(CC)C1CCN(Cc2cc(C(=O)O)no2)C1. The van der Waals surface area contributed by atoms with E-state index in [2.05, 4.69) is 28.8 Å². The summed E-state index contributed by atoms with van der Waals surface area (Å²) >= 11 is 0. The lowest BCUT2D eigenvalue weighted by molar-refractivity contribution is 0.0685. The molecule has 0 radical (unpaired) electrons. The molecule has 1 fully saturated rings. The summed E-state index contributed by atoms with van der Waals surface area (Å²) in [6.07, 6.45) is 1.15. The minimum absolute atomic E-state index is 0.0190. The molecule has 1 atom stereocenters. The Hall–Kier alpha value is -1.40. The summed E-state index contributed by atoms with van der Waals surface area (Å²) in [5.41, 5.74) is -0.0190. The van der Waals surface area contributed by atoms with Gasteiger partial charge in [0.1, 0.15) is 0 Å². The van der Waals surface area contributed by atoms with E-state index in [1.54, 1.807) is 0 Å². The molecule has 0 spiro atoms. The van der Waals surface area contributed by atoms with Crippen molar-refractivity contribution in [3.63, 3.8) is 0 Å². The highest BCUT2D eigenvalue weighted by atomic mass is 16.5. The third-order valence-corrected chi connectivity index (χ3v) is 3.73. The number of nitrogens with zero attached hydrogens (tertiary/aromatic N) is 3. The van der Waals surface area contributed by atoms with E-state index in [1.165, 1.54) is 6.07 Å². The Morgan fingerprint density at radius 1 is 1.58 bits per heavy atom. The van der Waals surface area contributed by atoms with Crippen molar-refractivity contribution in [2.24, 2.45) is 0 Å². The average Bonchev–Trinajstić information content (AvgIpc) is 3.01. The minimum atomic E-state index is -1.04. The minimum Gasteiger partial charge on any atom is -0.476 e. The van der Waals surface area contributed by atoms with Gasteiger partial charge in [-0.3, -0.25) is 9.80 Å². The van der Waals surface area contributed by atoms with E-state index in [9.17, 15) is 4.79 Å². The predicted molar refractivity (Wildman–Crippen MR) is 70.1 cm³/mol. The van der Waals surface area contributed by atoms with Gasteiger partial charge in [0.15, 0.2) is 11.5 Å². The molecule has 0 saturated carbocycles. The average molecular weight is 267 g/mol. The molecule has 1 saturated heterocycles. The molecule has 0 aromatic carbocycles. The van der Waals surface area contributed by atoms with Crippen LogP contribution in [0.1, 0.15) is 36.5 Å². The molecule has 0 aliphatic carbocycles. The summed E-state index contributed by atoms with van der Waals surface area (Å²) < 4.78 is 5.05. The highest BCUT2D eigenvalue weighted by Crippen LogP contribution is 2.18. The quantitative estimate of drug-likeness (QED) is 0.837. The molecule has 1 N–H and O–H groups in total. The number of hydrogen-bond donors (Lipinski definition) is 1. The Kier molecular flexibility index (Phi) is 4.55. The maximum atomic E-state index is 10.7. The Bertz CT molecular complexity index is 429. The van der Waals surface area contributed by atoms with Crippen molar-refractivity contribution < 1.29 is 14.4 Å². The van der Waals surface area contributed by atoms with Crippen molar-refractivity contribution in [2.75, 3.05) is 26.2 Å². The normalized spacial score (nSPS) is 20.3. The fourth-order valence-corrected chi connectivity index (χ4v) is 2.70. The molecular weight excluding hydrogens is 246 g/mol. The molecule has 2 heterocycles. The number of likely N-dealkylation sites (N-methyl/N-ethyl adjacent to an activating group) is 1. The number of rotatable bonds is 6. The second-order valence-electron chi connectivity index (χ2n) is 4.88. The van der Waals surface area contributed by atoms with E-state index in [1.807, 2.05) is 0 Å². The molecule has 1 unspecified atom stereocenters. The van der Waals surface area contributed by atoms with Gasteiger partial charge in [-0.15, -0.1) is 0 Å². The van der Waals surface area contributed by atoms with E-state index in [0.717, 1.165) is 32.6 Å². The van der Waals surface area contributed by atoms with Gasteiger partial charge in [0.25, 0.3) is 0 Å². The van der Waals surface area contributed by atoms with Crippen LogP contribution in [0.2, 0.25) is 0 Å². The van der Waals surface area contributed by atoms with Gasteiger partial charge >= 0.3 is 5.97 Å². The third-order valence-electron chi connectivity index (χ3n) is 3.73. The Balaban J connectivity index is 1.89. The fraction of sp³-hybridized carbons (Fsp3) is 0.692. The van der Waals surface area contributed by atoms with Crippen LogP contribution >= 0.6 is 0 Å². The van der Waals surface area contributed by atoms with Gasteiger partial charge < -0.3 is 9.63 Å². The highest BCUT2D eigenvalue weighted by molar-refractivity contribution is 5.85. The predicted octanol–water partition coefficient (Wildman–Crippen LogP) is 1.29. The van der Waals surface area contributed by atoms with Crippen molar-refractivity contribution in [2.45, 2.75) is 32.9 Å². The molecule has 1 aliphatic heterocycles. The Morgan fingerprint density at radius 3 is 2.89 bits per heavy atom. The van der Waals surface area contributed by atoms with Gasteiger partial charge in [-0.1, -0.05) is 19.0 Å². The molecule has 1 aromatic rings. The number of aromatic carboxylic acids is 1. The van der Waals surface area contributed by atoms with E-state index in [4.69, 9.17) is 9.63 Å². The summed E-state index contributed by atoms with van der Waals surface area (Å²) in [6.45, 7) is 9.16. The molecule has 6 nitrogen and oxygen atoms in total. The van der Waals surface area contributed by atoms with Crippen molar-refractivity contribution in [1.82, 2.24) is 15.0 Å². The van der Waals surface area contributed by atoms with Crippen LogP contribution in [0.25, 0.3) is 0 Å². The molecule has 2 rings (SSSR count). The topological polar surface area (TPSA) is 69.8 Å². The summed E-state index contributed by atoms with van der Waals surface area (Å²) in [4.78, 5) is 15.5. The molecule has 106 valence electrons. The van der Waals surface area contributed by atoms with Gasteiger partial charge in [-0.05, 0) is 19.5 Å². The van der Waals surface area contributed by atoms with E-state index < -0.39 is 5.97 Å².